The Morgan fingerprint density at radius 2 is 1.87 bits per heavy atom. The second kappa shape index (κ2) is 6.36. The van der Waals surface area contributed by atoms with E-state index in [4.69, 9.17) is 4.42 Å². The van der Waals surface area contributed by atoms with Gasteiger partial charge < -0.3 is 14.8 Å². The van der Waals surface area contributed by atoms with Crippen molar-refractivity contribution in [3.63, 3.8) is 0 Å². The number of phenols is 1. The number of fused-ring (bicyclic) bond motifs is 1. The van der Waals surface area contributed by atoms with E-state index in [0.29, 0.717) is 18.4 Å². The van der Waals surface area contributed by atoms with Crippen molar-refractivity contribution in [1.29, 1.82) is 0 Å². The van der Waals surface area contributed by atoms with Gasteiger partial charge in [0.1, 0.15) is 16.9 Å². The van der Waals surface area contributed by atoms with Crippen molar-refractivity contribution in [2.75, 3.05) is 6.54 Å². The molecule has 3 aromatic rings. The third-order valence-electron chi connectivity index (χ3n) is 3.51. The molecule has 0 aliphatic carbocycles. The number of hydrogen-bond donors (Lipinski definition) is 2. The van der Waals surface area contributed by atoms with Crippen molar-refractivity contribution in [3.05, 3.63) is 76.1 Å². The second-order valence-electron chi connectivity index (χ2n) is 5.16. The van der Waals surface area contributed by atoms with E-state index >= 15 is 0 Å². The van der Waals surface area contributed by atoms with Crippen LogP contribution in [0, 0.1) is 0 Å². The highest BCUT2D eigenvalue weighted by molar-refractivity contribution is 5.96. The normalized spacial score (nSPS) is 10.6. The molecule has 0 radical (unpaired) electrons. The van der Waals surface area contributed by atoms with Crippen molar-refractivity contribution < 1.29 is 14.3 Å². The highest BCUT2D eigenvalue weighted by atomic mass is 16.4. The number of carbonyl (C=O) groups is 1. The van der Waals surface area contributed by atoms with E-state index in [-0.39, 0.29) is 16.9 Å². The molecule has 5 heteroatoms. The summed E-state index contributed by atoms with van der Waals surface area (Å²) >= 11 is 0. The summed E-state index contributed by atoms with van der Waals surface area (Å²) in [7, 11) is 0. The molecule has 0 aliphatic rings. The molecule has 0 unspecified atom stereocenters. The van der Waals surface area contributed by atoms with Crippen LogP contribution in [0.1, 0.15) is 15.9 Å². The Kier molecular flexibility index (Phi) is 4.10. The Hall–Kier alpha value is -3.08. The fourth-order valence-electron chi connectivity index (χ4n) is 2.32. The number of carbonyl (C=O) groups excluding carboxylic acids is 1. The van der Waals surface area contributed by atoms with Crippen molar-refractivity contribution >= 4 is 16.9 Å². The van der Waals surface area contributed by atoms with Gasteiger partial charge in [-0.05, 0) is 30.2 Å². The van der Waals surface area contributed by atoms with E-state index in [1.807, 2.05) is 30.3 Å². The lowest BCUT2D eigenvalue weighted by Gasteiger charge is -2.05. The number of amides is 1. The van der Waals surface area contributed by atoms with Crippen LogP contribution >= 0.6 is 0 Å². The molecule has 0 atom stereocenters. The molecular formula is C18H15NO4. The molecule has 0 saturated heterocycles. The summed E-state index contributed by atoms with van der Waals surface area (Å²) in [6.07, 6.45) is 0.680. The monoisotopic (exact) mass is 309 g/mol. The van der Waals surface area contributed by atoms with Crippen LogP contribution in [0.3, 0.4) is 0 Å². The molecule has 1 heterocycles. The van der Waals surface area contributed by atoms with Gasteiger partial charge in [0, 0.05) is 18.0 Å². The van der Waals surface area contributed by atoms with Crippen molar-refractivity contribution in [2.24, 2.45) is 0 Å². The summed E-state index contributed by atoms with van der Waals surface area (Å²) in [5, 5.41) is 12.7. The van der Waals surface area contributed by atoms with Gasteiger partial charge in [0.15, 0.2) is 0 Å². The van der Waals surface area contributed by atoms with Crippen molar-refractivity contribution in [2.45, 2.75) is 6.42 Å². The molecule has 0 bridgehead atoms. The average molecular weight is 309 g/mol. The standard InChI is InChI=1S/C18H15NO4/c20-14-7-6-13-10-15(18(22)23-16(13)11-14)17(21)19-9-8-12-4-2-1-3-5-12/h1-7,10-11,20H,8-9H2,(H,19,21). The lowest BCUT2D eigenvalue weighted by molar-refractivity contribution is 0.0950. The van der Waals surface area contributed by atoms with Gasteiger partial charge in [0.2, 0.25) is 0 Å². The van der Waals surface area contributed by atoms with Crippen molar-refractivity contribution in [1.82, 2.24) is 5.32 Å². The molecule has 0 saturated carbocycles. The SMILES string of the molecule is O=C(NCCc1ccccc1)c1cc2ccc(O)cc2oc1=O. The van der Waals surface area contributed by atoms with Crippen LogP contribution in [0.4, 0.5) is 0 Å². The van der Waals surface area contributed by atoms with Gasteiger partial charge in [-0.15, -0.1) is 0 Å². The van der Waals surface area contributed by atoms with E-state index in [2.05, 4.69) is 5.32 Å². The largest absolute Gasteiger partial charge is 0.508 e. The van der Waals surface area contributed by atoms with E-state index in [9.17, 15) is 14.7 Å². The maximum Gasteiger partial charge on any atom is 0.349 e. The quantitative estimate of drug-likeness (QED) is 0.726. The van der Waals surface area contributed by atoms with Gasteiger partial charge in [0.05, 0.1) is 0 Å². The first kappa shape index (κ1) is 14.8. The van der Waals surface area contributed by atoms with Crippen LogP contribution in [-0.4, -0.2) is 17.6 Å². The Bertz CT molecular complexity index is 900. The van der Waals surface area contributed by atoms with E-state index < -0.39 is 11.5 Å². The number of nitrogens with one attached hydrogen (secondary N) is 1. The first-order chi connectivity index (χ1) is 11.1. The van der Waals surface area contributed by atoms with Crippen molar-refractivity contribution in [3.8, 4) is 5.75 Å². The molecule has 1 amide bonds. The fourth-order valence-corrected chi connectivity index (χ4v) is 2.32. The summed E-state index contributed by atoms with van der Waals surface area (Å²) in [5.41, 5.74) is 0.584. The maximum absolute atomic E-state index is 12.1. The summed E-state index contributed by atoms with van der Waals surface area (Å²) < 4.78 is 5.08. The van der Waals surface area contributed by atoms with Gasteiger partial charge in [-0.3, -0.25) is 4.79 Å². The number of phenolic OH excluding ortho intramolecular Hbond substituents is 1. The van der Waals surface area contributed by atoms with Crippen LogP contribution in [0.25, 0.3) is 11.0 Å². The Balaban J connectivity index is 1.74. The number of aromatic hydroxyl groups is 1. The summed E-state index contributed by atoms with van der Waals surface area (Å²) in [4.78, 5) is 24.1. The first-order valence-electron chi connectivity index (χ1n) is 7.22. The Morgan fingerprint density at radius 1 is 1.09 bits per heavy atom. The minimum atomic E-state index is -0.722. The van der Waals surface area contributed by atoms with Crippen LogP contribution in [0.5, 0.6) is 5.75 Å². The molecule has 0 spiro atoms. The van der Waals surface area contributed by atoms with Gasteiger partial charge in [-0.2, -0.15) is 0 Å². The molecule has 3 rings (SSSR count). The highest BCUT2D eigenvalue weighted by Crippen LogP contribution is 2.19. The van der Waals surface area contributed by atoms with E-state index in [1.165, 1.54) is 18.2 Å². The Morgan fingerprint density at radius 3 is 2.65 bits per heavy atom. The summed E-state index contributed by atoms with van der Waals surface area (Å²) in [6, 6.07) is 15.6. The number of benzene rings is 2. The zero-order valence-corrected chi connectivity index (χ0v) is 12.3. The van der Waals surface area contributed by atoms with Gasteiger partial charge in [-0.25, -0.2) is 4.79 Å². The van der Waals surface area contributed by atoms with Gasteiger partial charge in [-0.1, -0.05) is 30.3 Å². The molecule has 2 N–H and O–H groups in total. The number of rotatable bonds is 4. The predicted molar refractivity (Wildman–Crippen MR) is 86.6 cm³/mol. The average Bonchev–Trinajstić information content (AvgIpc) is 2.55. The van der Waals surface area contributed by atoms with Crippen LogP contribution in [0.15, 0.2) is 63.8 Å². The highest BCUT2D eigenvalue weighted by Gasteiger charge is 2.13. The smallest absolute Gasteiger partial charge is 0.349 e. The fraction of sp³-hybridized carbons (Fsp3) is 0.111. The minimum absolute atomic E-state index is 0.000660. The molecule has 5 nitrogen and oxygen atoms in total. The van der Waals surface area contributed by atoms with Gasteiger partial charge >= 0.3 is 5.63 Å². The van der Waals surface area contributed by atoms with Crippen LogP contribution in [-0.2, 0) is 6.42 Å². The van der Waals surface area contributed by atoms with E-state index in [0.717, 1.165) is 5.56 Å². The third kappa shape index (κ3) is 3.40. The van der Waals surface area contributed by atoms with Crippen LogP contribution in [0.2, 0.25) is 0 Å². The molecular weight excluding hydrogens is 294 g/mol. The van der Waals surface area contributed by atoms with Crippen LogP contribution < -0.4 is 10.9 Å². The maximum atomic E-state index is 12.1. The number of hydrogen-bond acceptors (Lipinski definition) is 4. The zero-order valence-electron chi connectivity index (χ0n) is 12.3. The molecule has 1 aromatic heterocycles. The molecule has 2 aromatic carbocycles. The lowest BCUT2D eigenvalue weighted by Crippen LogP contribution is -2.29. The molecule has 0 aliphatic heterocycles. The third-order valence-corrected chi connectivity index (χ3v) is 3.51. The predicted octanol–water partition coefficient (Wildman–Crippen LogP) is 2.47. The summed E-state index contributed by atoms with van der Waals surface area (Å²) in [6.45, 7) is 0.426. The lowest BCUT2D eigenvalue weighted by atomic mass is 10.1. The molecule has 116 valence electrons. The topological polar surface area (TPSA) is 79.5 Å². The van der Waals surface area contributed by atoms with E-state index in [1.54, 1.807) is 6.07 Å². The second-order valence-corrected chi connectivity index (χ2v) is 5.16. The minimum Gasteiger partial charge on any atom is -0.508 e. The zero-order chi connectivity index (χ0) is 16.2. The molecule has 23 heavy (non-hydrogen) atoms. The molecule has 0 fully saturated rings. The summed E-state index contributed by atoms with van der Waals surface area (Å²) in [5.74, 6) is -0.467. The first-order valence-corrected chi connectivity index (χ1v) is 7.22. The van der Waals surface area contributed by atoms with Gasteiger partial charge in [0.25, 0.3) is 5.91 Å². The Labute approximate surface area is 132 Å².